The van der Waals surface area contributed by atoms with Crippen LogP contribution in [0.1, 0.15) is 0 Å². The molecule has 0 spiro atoms. The molecule has 0 aliphatic rings. The molecule has 224 valence electrons. The molecule has 0 radical (unpaired) electrons. The van der Waals surface area contributed by atoms with Gasteiger partial charge in [0.15, 0.2) is 0 Å². The second-order valence-electron chi connectivity index (χ2n) is 2.74. The molecule has 0 saturated heterocycles. The van der Waals surface area contributed by atoms with E-state index in [1.165, 1.54) is 0 Å². The molecule has 0 unspecified atom stereocenters. The summed E-state index contributed by atoms with van der Waals surface area (Å²) in [6.45, 7) is 0. The second-order valence-corrected chi connectivity index (χ2v) is 7.74. The van der Waals surface area contributed by atoms with Crippen molar-refractivity contribution in [2.24, 2.45) is 0 Å². The first-order valence-corrected chi connectivity index (χ1v) is 12.1. The van der Waals surface area contributed by atoms with E-state index in [0.717, 1.165) is 0 Å². The Morgan fingerprint density at radius 3 is 0.500 bits per heavy atom. The van der Waals surface area contributed by atoms with Gasteiger partial charge in [0.05, 0.1) is 0 Å². The Morgan fingerprint density at radius 2 is 0.500 bits per heavy atom. The van der Waals surface area contributed by atoms with E-state index >= 15 is 0 Å². The topological polar surface area (TPSA) is 624 Å². The Hall–Kier alpha value is -0.690. The molecule has 0 aliphatic heterocycles. The van der Waals surface area contributed by atoms with E-state index in [4.69, 9.17) is 110 Å². The summed E-state index contributed by atoms with van der Waals surface area (Å²) in [6.07, 6.45) is 0. The predicted octanol–water partition coefficient (Wildman–Crippen LogP) is -3.90. The largest absolute Gasteiger partial charge is 0.466 e. The number of nitrogens with zero attached hydrogens (tertiary/aromatic N) is 1. The zero-order chi connectivity index (χ0) is 26.1. The fourth-order valence-electron chi connectivity index (χ4n) is 0. The van der Waals surface area contributed by atoms with Gasteiger partial charge in [-0.3, -0.25) is 9.11 Å². The van der Waals surface area contributed by atoms with Crippen molar-refractivity contribution in [3.8, 4) is 0 Å². The third-order valence-electron chi connectivity index (χ3n) is 0. The van der Waals surface area contributed by atoms with Gasteiger partial charge in [-0.2, -0.15) is 8.42 Å². The van der Waals surface area contributed by atoms with Crippen LogP contribution in [0.5, 0.6) is 0 Å². The Labute approximate surface area is 188 Å². The van der Waals surface area contributed by atoms with E-state index in [0.29, 0.717) is 0 Å². The summed E-state index contributed by atoms with van der Waals surface area (Å²) < 4.78 is 67.1. The van der Waals surface area contributed by atoms with Gasteiger partial charge in [-0.1, -0.05) is 0 Å². The fourth-order valence-corrected chi connectivity index (χ4v) is 0. The van der Waals surface area contributed by atoms with Crippen LogP contribution in [0.2, 0.25) is 0 Å². The van der Waals surface area contributed by atoms with Crippen LogP contribution in [-0.2, 0) is 28.7 Å². The van der Waals surface area contributed by atoms with Gasteiger partial charge in [0.25, 0.3) is 5.09 Å². The minimum Gasteiger partial charge on any atom is -0.344 e. The smallest absolute Gasteiger partial charge is 0.344 e. The lowest BCUT2D eigenvalue weighted by Gasteiger charge is -1.82. The molecule has 34 heavy (non-hydrogen) atoms. The van der Waals surface area contributed by atoms with Crippen LogP contribution in [0.3, 0.4) is 0 Å². The van der Waals surface area contributed by atoms with Crippen molar-refractivity contribution < 1.29 is 105 Å². The molecule has 0 aromatic heterocycles. The van der Waals surface area contributed by atoms with Crippen molar-refractivity contribution in [3.05, 3.63) is 10.1 Å². The van der Waals surface area contributed by atoms with Crippen molar-refractivity contribution in [1.29, 1.82) is 0 Å². The third-order valence-corrected chi connectivity index (χ3v) is 0. The average molecular weight is 638 g/mol. The van der Waals surface area contributed by atoms with E-state index in [1.807, 2.05) is 0 Å². The van der Waals surface area contributed by atoms with Gasteiger partial charge in [0.2, 0.25) is 0 Å². The van der Waals surface area contributed by atoms with Crippen LogP contribution in [0.4, 0.5) is 0 Å². The predicted molar refractivity (Wildman–Crippen MR) is 105 cm³/mol. The Bertz CT molecular complexity index is 566. The van der Waals surface area contributed by atoms with Crippen molar-refractivity contribution in [1.82, 2.24) is 30.8 Å². The summed E-state index contributed by atoms with van der Waals surface area (Å²) in [4.78, 5) is 94.6. The average Bonchev–Trinajstić information content (AvgIpc) is 1.96. The molecule has 30 N–H and O–H groups in total. The van der Waals surface area contributed by atoms with E-state index < -0.39 is 46.8 Å². The molecule has 29 nitrogen and oxygen atoms in total. The normalized spacial score (nSPS) is 9.35. The molecule has 34 heteroatoms. The zero-order valence-corrected chi connectivity index (χ0v) is 20.5. The monoisotopic (exact) mass is 638 g/mol. The number of rotatable bonds is 0. The lowest BCUT2D eigenvalue weighted by atomic mass is 13.1. The molecule has 0 aromatic carbocycles. The Balaban J connectivity index is -0.0000000202. The summed E-state index contributed by atoms with van der Waals surface area (Å²) in [6, 6.07) is 0. The highest BCUT2D eigenvalue weighted by Crippen LogP contribution is 2.27. The fraction of sp³-hybridized carbons (Fsp3) is 0. The molecule has 0 bridgehead atoms. The summed E-state index contributed by atoms with van der Waals surface area (Å²) in [5, 5.41) is 13.6. The van der Waals surface area contributed by atoms with Gasteiger partial charge < -0.3 is 94.7 Å². The van der Waals surface area contributed by atoms with Crippen molar-refractivity contribution in [2.75, 3.05) is 0 Å². The second kappa shape index (κ2) is 30.3. The summed E-state index contributed by atoms with van der Waals surface area (Å²) >= 11 is 0. The minimum atomic E-state index is -4.67. The third kappa shape index (κ3) is 60400. The van der Waals surface area contributed by atoms with Crippen LogP contribution in [0.15, 0.2) is 0 Å². The molecule has 0 atom stereocenters. The standard InChI is InChI=1S/HNO3.5H3N.4H3O4P.H2O4S/c2-1(3)4;;;;;;5*1-5(2,3)4/h(H,2,3,4);5*1H3;4*(H3,1,2,3,4);(H2,1,2,3,4). The van der Waals surface area contributed by atoms with Gasteiger partial charge in [0.1, 0.15) is 0 Å². The molecule has 0 fully saturated rings. The maximum atomic E-state index is 8.88. The van der Waals surface area contributed by atoms with Crippen LogP contribution in [0, 0.1) is 10.1 Å². The molecular weight excluding hydrogens is 608 g/mol. The van der Waals surface area contributed by atoms with E-state index in [9.17, 15) is 0 Å². The first kappa shape index (κ1) is 69.9. The zero-order valence-electron chi connectivity index (χ0n) is 16.2. The van der Waals surface area contributed by atoms with Gasteiger partial charge in [-0.05, 0) is 0 Å². The molecular formula is H30N6O23P4S. The van der Waals surface area contributed by atoms with Gasteiger partial charge in [0, 0.05) is 0 Å². The number of hydrogen-bond acceptors (Lipinski definition) is 13. The van der Waals surface area contributed by atoms with Crippen LogP contribution < -0.4 is 30.8 Å². The number of hydrogen-bond donors (Lipinski definition) is 20. The lowest BCUT2D eigenvalue weighted by Crippen LogP contribution is -1.89. The SMILES string of the molecule is N.N.N.N.N.O=P(O)(O)O.O=P(O)(O)O.O=P(O)(O)O.O=P(O)(O)O.O=S(=O)(O)O.O=[N+]([O-])O. The van der Waals surface area contributed by atoms with Crippen molar-refractivity contribution in [2.45, 2.75) is 0 Å². The van der Waals surface area contributed by atoms with Crippen LogP contribution in [0.25, 0.3) is 0 Å². The molecule has 0 rings (SSSR count). The minimum absolute atomic E-state index is 0. The highest BCUT2D eigenvalue weighted by molar-refractivity contribution is 7.79. The highest BCUT2D eigenvalue weighted by Gasteiger charge is 2.01. The lowest BCUT2D eigenvalue weighted by molar-refractivity contribution is -0.742. The summed E-state index contributed by atoms with van der Waals surface area (Å²) in [5.41, 5.74) is 0. The molecule has 0 heterocycles. The maximum absolute atomic E-state index is 8.88. The number of phosphoric acid groups is 4. The maximum Gasteiger partial charge on any atom is 0.466 e. The van der Waals surface area contributed by atoms with Gasteiger partial charge in [-0.25, -0.2) is 18.3 Å². The highest BCUT2D eigenvalue weighted by atomic mass is 32.3. The molecule has 0 saturated carbocycles. The Morgan fingerprint density at radius 1 is 0.500 bits per heavy atom. The van der Waals surface area contributed by atoms with Crippen molar-refractivity contribution in [3.63, 3.8) is 0 Å². The van der Waals surface area contributed by atoms with Crippen LogP contribution >= 0.6 is 31.3 Å². The summed E-state index contributed by atoms with van der Waals surface area (Å²) in [5.74, 6) is 0. The molecule has 0 aromatic rings. The first-order valence-electron chi connectivity index (χ1n) is 4.39. The van der Waals surface area contributed by atoms with Crippen molar-refractivity contribution >= 4 is 41.7 Å². The Kier molecular flexibility index (Phi) is 62.3. The van der Waals surface area contributed by atoms with Gasteiger partial charge in [-0.15, -0.1) is 10.1 Å². The molecule has 0 amide bonds. The van der Waals surface area contributed by atoms with E-state index in [1.54, 1.807) is 0 Å². The first-order chi connectivity index (χ1) is 11.7. The van der Waals surface area contributed by atoms with Crippen LogP contribution in [-0.4, -0.2) is 86.5 Å². The van der Waals surface area contributed by atoms with Gasteiger partial charge >= 0.3 is 41.7 Å². The van der Waals surface area contributed by atoms with E-state index in [2.05, 4.69) is 0 Å². The molecule has 0 aliphatic carbocycles. The van der Waals surface area contributed by atoms with E-state index in [-0.39, 0.29) is 30.8 Å². The quantitative estimate of drug-likeness (QED) is 0.0521. The summed E-state index contributed by atoms with van der Waals surface area (Å²) in [7, 11) is -23.2.